The van der Waals surface area contributed by atoms with E-state index in [0.29, 0.717) is 29.4 Å². The highest BCUT2D eigenvalue weighted by Gasteiger charge is 2.32. The van der Waals surface area contributed by atoms with Crippen LogP contribution < -0.4 is 4.84 Å². The molecule has 1 aromatic heterocycles. The lowest BCUT2D eigenvalue weighted by molar-refractivity contribution is -0.221. The first-order valence-corrected chi connectivity index (χ1v) is 9.05. The molecule has 12 heteroatoms. The van der Waals surface area contributed by atoms with Crippen molar-refractivity contribution >= 4 is 17.8 Å². The van der Waals surface area contributed by atoms with Crippen LogP contribution in [0.3, 0.4) is 0 Å². The van der Waals surface area contributed by atoms with E-state index in [4.69, 9.17) is 19.1 Å². The van der Waals surface area contributed by atoms with Gasteiger partial charge in [0, 0.05) is 38.2 Å². The second kappa shape index (κ2) is 11.2. The van der Waals surface area contributed by atoms with Crippen molar-refractivity contribution in [1.29, 1.82) is 0 Å². The smallest absolute Gasteiger partial charge is 0.335 e. The number of amides is 1. The van der Waals surface area contributed by atoms with E-state index in [9.17, 15) is 29.7 Å². The van der Waals surface area contributed by atoms with Crippen LogP contribution in [-0.4, -0.2) is 75.6 Å². The molecule has 1 atom stereocenters. The van der Waals surface area contributed by atoms with Gasteiger partial charge in [0.15, 0.2) is 6.23 Å². The predicted octanol–water partition coefficient (Wildman–Crippen LogP) is -0.543. The molecule has 12 nitrogen and oxygen atoms in total. The molecule has 1 saturated heterocycles. The number of carbonyl (C=O) groups excluding carboxylic acids is 3. The van der Waals surface area contributed by atoms with Gasteiger partial charge in [-0.25, -0.2) is 9.59 Å². The summed E-state index contributed by atoms with van der Waals surface area (Å²) in [5.41, 5.74) is 0. The number of aromatic hydroxyl groups is 2. The van der Waals surface area contributed by atoms with E-state index in [1.54, 1.807) is 0 Å². The molecule has 0 aliphatic carbocycles. The fourth-order valence-electron chi connectivity index (χ4n) is 2.33. The van der Waals surface area contributed by atoms with Gasteiger partial charge in [-0.15, -0.1) is 9.79 Å². The van der Waals surface area contributed by atoms with Gasteiger partial charge in [-0.2, -0.15) is 0 Å². The molecule has 0 spiro atoms. The van der Waals surface area contributed by atoms with Crippen LogP contribution in [0.2, 0.25) is 0 Å². The molecule has 1 amide bonds. The average Bonchev–Trinajstić information content (AvgIpc) is 3.16. The van der Waals surface area contributed by atoms with Crippen LogP contribution in [0.4, 0.5) is 0 Å². The third-order valence-corrected chi connectivity index (χ3v) is 3.80. The predicted molar refractivity (Wildman–Crippen MR) is 93.0 cm³/mol. The Morgan fingerprint density at radius 3 is 2.03 bits per heavy atom. The van der Waals surface area contributed by atoms with E-state index < -0.39 is 35.8 Å². The fourth-order valence-corrected chi connectivity index (χ4v) is 2.33. The maximum absolute atomic E-state index is 11.6. The van der Waals surface area contributed by atoms with Crippen LogP contribution in [-0.2, 0) is 28.7 Å². The molecule has 0 aromatic carbocycles. The first-order chi connectivity index (χ1) is 13.9. The van der Waals surface area contributed by atoms with Crippen molar-refractivity contribution in [2.24, 2.45) is 0 Å². The van der Waals surface area contributed by atoms with Gasteiger partial charge < -0.3 is 34.5 Å². The van der Waals surface area contributed by atoms with Crippen molar-refractivity contribution in [2.45, 2.75) is 38.3 Å². The van der Waals surface area contributed by atoms with Crippen molar-refractivity contribution in [3.8, 4) is 11.8 Å². The normalized spacial score (nSPS) is 16.2. The summed E-state index contributed by atoms with van der Waals surface area (Å²) >= 11 is 0. The third-order valence-electron chi connectivity index (χ3n) is 3.80. The van der Waals surface area contributed by atoms with Crippen LogP contribution in [0.5, 0.6) is 11.8 Å². The number of hydrogen-bond acceptors (Lipinski definition) is 10. The highest BCUT2D eigenvalue weighted by atomic mass is 16.7. The van der Waals surface area contributed by atoms with E-state index in [1.165, 1.54) is 12.1 Å². The second-order valence-corrected chi connectivity index (χ2v) is 6.09. The van der Waals surface area contributed by atoms with Crippen molar-refractivity contribution in [2.75, 3.05) is 26.4 Å². The van der Waals surface area contributed by atoms with Gasteiger partial charge in [0.1, 0.15) is 0 Å². The lowest BCUT2D eigenvalue weighted by atomic mass is 10.4. The number of ether oxygens (including phenoxy) is 2. The molecule has 1 aliphatic rings. The number of aliphatic hydroxyl groups is 1. The van der Waals surface area contributed by atoms with Crippen molar-refractivity contribution in [1.82, 2.24) is 9.79 Å². The molecule has 1 fully saturated rings. The number of carbonyl (C=O) groups is 3. The Morgan fingerprint density at radius 1 is 0.966 bits per heavy atom. The highest BCUT2D eigenvalue weighted by Crippen LogP contribution is 2.19. The monoisotopic (exact) mass is 416 g/mol. The number of hydroxylamine groups is 2. The Bertz CT molecular complexity index is 685. The summed E-state index contributed by atoms with van der Waals surface area (Å²) in [5.74, 6) is -2.60. The molecule has 1 aliphatic heterocycles. The number of nitrogens with zero attached hydrogens (tertiary/aromatic N) is 2. The van der Waals surface area contributed by atoms with Gasteiger partial charge in [0.25, 0.3) is 5.91 Å². The van der Waals surface area contributed by atoms with Crippen LogP contribution in [0, 0.1) is 0 Å². The zero-order valence-electron chi connectivity index (χ0n) is 15.7. The largest absolute Gasteiger partial charge is 0.492 e. The molecule has 1 unspecified atom stereocenters. The average molecular weight is 416 g/mol. The van der Waals surface area contributed by atoms with Crippen LogP contribution in [0.15, 0.2) is 12.1 Å². The maximum Gasteiger partial charge on any atom is 0.335 e. The molecule has 0 radical (unpaired) electrons. The van der Waals surface area contributed by atoms with Gasteiger partial charge in [0.2, 0.25) is 11.8 Å². The van der Waals surface area contributed by atoms with E-state index in [-0.39, 0.29) is 38.9 Å². The van der Waals surface area contributed by atoms with Crippen LogP contribution in [0.25, 0.3) is 0 Å². The molecule has 162 valence electrons. The zero-order chi connectivity index (χ0) is 21.2. The molecule has 3 N–H and O–H groups in total. The Kier molecular flexibility index (Phi) is 8.70. The summed E-state index contributed by atoms with van der Waals surface area (Å²) in [6.45, 7) is 0.799. The summed E-state index contributed by atoms with van der Waals surface area (Å²) in [4.78, 5) is 44.0. The summed E-state index contributed by atoms with van der Waals surface area (Å²) in [5, 5.41) is 28.8. The Labute approximate surface area is 166 Å². The Morgan fingerprint density at radius 2 is 1.52 bits per heavy atom. The standard InChI is InChI=1S/C17H24N2O10/c20-12-2-3-13(21)18(12)28-16(24)6-10-26-8-1-9-27-11-7-17(25)29-19-14(22)4-5-15(19)23/h2-3,14,20-22H,1,4-11H2. The van der Waals surface area contributed by atoms with Crippen LogP contribution >= 0.6 is 0 Å². The summed E-state index contributed by atoms with van der Waals surface area (Å²) in [6, 6.07) is 2.35. The molecule has 1 aromatic rings. The SMILES string of the molecule is O=C(CCOCCCOCCC(=O)On1c(O)ccc1O)ON1C(=O)CCC1O. The van der Waals surface area contributed by atoms with Gasteiger partial charge in [-0.3, -0.25) is 4.79 Å². The molecule has 0 bridgehead atoms. The summed E-state index contributed by atoms with van der Waals surface area (Å²) in [7, 11) is 0. The molecular weight excluding hydrogens is 392 g/mol. The van der Waals surface area contributed by atoms with E-state index in [1.807, 2.05) is 0 Å². The van der Waals surface area contributed by atoms with Crippen molar-refractivity contribution in [3.05, 3.63) is 12.1 Å². The summed E-state index contributed by atoms with van der Waals surface area (Å²) < 4.78 is 11.1. The minimum Gasteiger partial charge on any atom is -0.492 e. The summed E-state index contributed by atoms with van der Waals surface area (Å²) in [6.07, 6.45) is -0.349. The van der Waals surface area contributed by atoms with E-state index in [2.05, 4.69) is 0 Å². The topological polar surface area (TPSA) is 157 Å². The van der Waals surface area contributed by atoms with Crippen LogP contribution in [0.1, 0.15) is 32.1 Å². The lowest BCUT2D eigenvalue weighted by Gasteiger charge is -2.18. The minimum absolute atomic E-state index is 0.0672. The quantitative estimate of drug-likeness (QED) is 0.378. The first kappa shape index (κ1) is 22.5. The Balaban J connectivity index is 1.43. The van der Waals surface area contributed by atoms with E-state index in [0.717, 1.165) is 0 Å². The number of rotatable bonds is 12. The number of aliphatic hydroxyl groups excluding tert-OH is 1. The van der Waals surface area contributed by atoms with E-state index >= 15 is 0 Å². The molecule has 0 saturated carbocycles. The molecule has 2 heterocycles. The lowest BCUT2D eigenvalue weighted by Crippen LogP contribution is -2.35. The Hall–Kier alpha value is -2.83. The van der Waals surface area contributed by atoms with Gasteiger partial charge >= 0.3 is 11.9 Å². The number of hydrogen-bond donors (Lipinski definition) is 3. The van der Waals surface area contributed by atoms with Crippen molar-refractivity contribution < 1.29 is 48.9 Å². The molecular formula is C17H24N2O10. The molecule has 29 heavy (non-hydrogen) atoms. The second-order valence-electron chi connectivity index (χ2n) is 6.09. The third kappa shape index (κ3) is 7.25. The maximum atomic E-state index is 11.6. The van der Waals surface area contributed by atoms with Gasteiger partial charge in [-0.1, -0.05) is 0 Å². The number of aromatic nitrogens is 1. The van der Waals surface area contributed by atoms with Crippen molar-refractivity contribution in [3.63, 3.8) is 0 Å². The fraction of sp³-hybridized carbons (Fsp3) is 0.588. The highest BCUT2D eigenvalue weighted by molar-refractivity contribution is 5.79. The first-order valence-electron chi connectivity index (χ1n) is 9.05. The molecule has 2 rings (SSSR count). The van der Waals surface area contributed by atoms with Gasteiger partial charge in [0.05, 0.1) is 26.1 Å². The van der Waals surface area contributed by atoms with Gasteiger partial charge in [-0.05, 0) is 6.42 Å². The zero-order valence-corrected chi connectivity index (χ0v) is 15.7. The minimum atomic E-state index is -1.10.